The molecule has 0 spiro atoms. The number of aliphatic hydroxyl groups excluding tert-OH is 4. The third-order valence-corrected chi connectivity index (χ3v) is 10.0. The molecule has 328 valence electrons. The van der Waals surface area contributed by atoms with Gasteiger partial charge in [-0.3, -0.25) is 9.59 Å². The van der Waals surface area contributed by atoms with Gasteiger partial charge in [-0.15, -0.1) is 6.58 Å². The van der Waals surface area contributed by atoms with Gasteiger partial charge in [0.1, 0.15) is 31.0 Å². The molecule has 10 heteroatoms. The van der Waals surface area contributed by atoms with Gasteiger partial charge >= 0.3 is 11.9 Å². The first-order valence-corrected chi connectivity index (χ1v) is 22.3. The molecule has 1 heterocycles. The zero-order chi connectivity index (χ0) is 41.6. The van der Waals surface area contributed by atoms with Crippen LogP contribution in [0.4, 0.5) is 0 Å². The van der Waals surface area contributed by atoms with Crippen LogP contribution < -0.4 is 0 Å². The zero-order valence-corrected chi connectivity index (χ0v) is 35.4. The van der Waals surface area contributed by atoms with E-state index in [2.05, 4.69) is 56.0 Å². The number of carbonyl (C=O) groups excluding carboxylic acids is 2. The SMILES string of the molecule is C=CCCCCCCCCCCCCCCCC(=O)O[C@@H](COC(=O)CCC/C=C/C/C=C/C/C=C/C/C=C/CCCCC)CO[C@H]1O[C@@H](CO)[C@@H](O)C(O)C1O. The molecule has 0 saturated carbocycles. The van der Waals surface area contributed by atoms with Gasteiger partial charge in [0.15, 0.2) is 12.4 Å². The number of esters is 2. The number of hydrogen-bond acceptors (Lipinski definition) is 10. The number of carbonyl (C=O) groups is 2. The molecule has 0 aliphatic carbocycles. The minimum atomic E-state index is -1.60. The van der Waals surface area contributed by atoms with E-state index in [0.717, 1.165) is 57.8 Å². The van der Waals surface area contributed by atoms with Gasteiger partial charge in [0.05, 0.1) is 13.2 Å². The van der Waals surface area contributed by atoms with Crippen LogP contribution in [-0.2, 0) is 28.5 Å². The van der Waals surface area contributed by atoms with E-state index >= 15 is 0 Å². The quantitative estimate of drug-likeness (QED) is 0.0272. The van der Waals surface area contributed by atoms with Gasteiger partial charge in [0.25, 0.3) is 0 Å². The molecule has 1 rings (SSSR count). The summed E-state index contributed by atoms with van der Waals surface area (Å²) in [6.07, 6.45) is 36.9. The van der Waals surface area contributed by atoms with Crippen molar-refractivity contribution in [2.75, 3.05) is 19.8 Å². The van der Waals surface area contributed by atoms with E-state index < -0.39 is 55.4 Å². The Balaban J connectivity index is 2.37. The molecule has 2 unspecified atom stereocenters. The molecule has 6 atom stereocenters. The molecular weight excluding hydrogens is 725 g/mol. The van der Waals surface area contributed by atoms with E-state index in [-0.39, 0.29) is 26.1 Å². The maximum absolute atomic E-state index is 12.8. The fraction of sp³-hybridized carbons (Fsp3) is 0.745. The molecule has 0 bridgehead atoms. The average molecular weight is 805 g/mol. The maximum Gasteiger partial charge on any atom is 0.306 e. The Kier molecular flexibility index (Phi) is 34.6. The van der Waals surface area contributed by atoms with E-state index in [4.69, 9.17) is 18.9 Å². The zero-order valence-electron chi connectivity index (χ0n) is 35.4. The van der Waals surface area contributed by atoms with Crippen molar-refractivity contribution in [3.05, 3.63) is 61.3 Å². The molecule has 1 fully saturated rings. The molecule has 57 heavy (non-hydrogen) atoms. The van der Waals surface area contributed by atoms with E-state index in [0.29, 0.717) is 12.8 Å². The number of hydrogen-bond donors (Lipinski definition) is 4. The highest BCUT2D eigenvalue weighted by molar-refractivity contribution is 5.70. The number of rotatable bonds is 37. The van der Waals surface area contributed by atoms with Crippen molar-refractivity contribution in [2.45, 2.75) is 204 Å². The highest BCUT2D eigenvalue weighted by Gasteiger charge is 2.44. The Morgan fingerprint density at radius 2 is 1.09 bits per heavy atom. The Hall–Kier alpha value is -2.60. The van der Waals surface area contributed by atoms with Gasteiger partial charge in [-0.25, -0.2) is 0 Å². The van der Waals surface area contributed by atoms with E-state index in [9.17, 15) is 30.0 Å². The Bertz CT molecular complexity index is 1100. The molecule has 0 amide bonds. The van der Waals surface area contributed by atoms with Crippen LogP contribution in [0.2, 0.25) is 0 Å². The Morgan fingerprint density at radius 3 is 1.63 bits per heavy atom. The topological polar surface area (TPSA) is 152 Å². The van der Waals surface area contributed by atoms with Gasteiger partial charge in [-0.05, 0) is 64.2 Å². The largest absolute Gasteiger partial charge is 0.462 e. The smallest absolute Gasteiger partial charge is 0.306 e. The first kappa shape index (κ1) is 52.4. The summed E-state index contributed by atoms with van der Waals surface area (Å²) >= 11 is 0. The normalized spacial score (nSPS) is 20.6. The number of unbranched alkanes of at least 4 members (excludes halogenated alkanes) is 17. The standard InChI is InChI=1S/C47H80O10/c1-3-5-7-9-11-13-15-17-19-20-22-23-25-27-29-31-33-35-42(49)54-38-40(39-55-47-46(53)45(52)44(51)41(37-48)57-47)56-43(50)36-34-32-30-28-26-24-21-18-16-14-12-10-8-6-4-2/h4,11,13,17,19,22-23,27,29,40-41,44-48,51-53H,2-3,5-10,12,14-16,18,20-21,24-26,28,30-39H2,1H3/b13-11+,19-17+,23-22+,29-27+/t40-,41-,44+,45?,46?,47-/m0/s1. The van der Waals surface area contributed by atoms with Gasteiger partial charge in [-0.1, -0.05) is 145 Å². The summed E-state index contributed by atoms with van der Waals surface area (Å²) in [6.45, 7) is 4.85. The predicted octanol–water partition coefficient (Wildman–Crippen LogP) is 9.44. The lowest BCUT2D eigenvalue weighted by Gasteiger charge is -2.39. The molecule has 0 aromatic carbocycles. The summed E-state index contributed by atoms with van der Waals surface area (Å²) in [4.78, 5) is 25.3. The minimum absolute atomic E-state index is 0.197. The van der Waals surface area contributed by atoms with Crippen LogP contribution in [0.1, 0.15) is 167 Å². The monoisotopic (exact) mass is 805 g/mol. The third-order valence-electron chi connectivity index (χ3n) is 10.0. The second kappa shape index (κ2) is 37.7. The van der Waals surface area contributed by atoms with Crippen LogP contribution in [0.3, 0.4) is 0 Å². The van der Waals surface area contributed by atoms with Gasteiger partial charge in [0.2, 0.25) is 0 Å². The van der Waals surface area contributed by atoms with Crippen molar-refractivity contribution in [1.82, 2.24) is 0 Å². The van der Waals surface area contributed by atoms with Crippen molar-refractivity contribution in [2.24, 2.45) is 0 Å². The van der Waals surface area contributed by atoms with Gasteiger partial charge < -0.3 is 39.4 Å². The van der Waals surface area contributed by atoms with Gasteiger partial charge in [-0.2, -0.15) is 0 Å². The molecule has 4 N–H and O–H groups in total. The first-order chi connectivity index (χ1) is 27.8. The molecule has 1 aliphatic rings. The lowest BCUT2D eigenvalue weighted by Crippen LogP contribution is -2.59. The van der Waals surface area contributed by atoms with Crippen molar-refractivity contribution in [3.63, 3.8) is 0 Å². The summed E-state index contributed by atoms with van der Waals surface area (Å²) in [6, 6.07) is 0. The molecule has 0 aromatic heterocycles. The highest BCUT2D eigenvalue weighted by atomic mass is 16.7. The predicted molar refractivity (Wildman–Crippen MR) is 228 cm³/mol. The summed E-state index contributed by atoms with van der Waals surface area (Å²) in [5, 5.41) is 40.1. The van der Waals surface area contributed by atoms with Crippen molar-refractivity contribution >= 4 is 11.9 Å². The van der Waals surface area contributed by atoms with Crippen molar-refractivity contribution in [3.8, 4) is 0 Å². The molecule has 10 nitrogen and oxygen atoms in total. The molecule has 1 aliphatic heterocycles. The second-order valence-corrected chi connectivity index (χ2v) is 15.2. The fourth-order valence-corrected chi connectivity index (χ4v) is 6.45. The van der Waals surface area contributed by atoms with Crippen molar-refractivity contribution in [1.29, 1.82) is 0 Å². The number of ether oxygens (including phenoxy) is 4. The molecule has 0 radical (unpaired) electrons. The van der Waals surface area contributed by atoms with Gasteiger partial charge in [0, 0.05) is 12.8 Å². The summed E-state index contributed by atoms with van der Waals surface area (Å²) in [5.74, 6) is -0.877. The Morgan fingerprint density at radius 1 is 0.596 bits per heavy atom. The average Bonchev–Trinajstić information content (AvgIpc) is 3.21. The Labute approximate surface area is 345 Å². The summed E-state index contributed by atoms with van der Waals surface area (Å²) in [5.41, 5.74) is 0. The highest BCUT2D eigenvalue weighted by Crippen LogP contribution is 2.22. The van der Waals surface area contributed by atoms with Crippen LogP contribution in [-0.4, -0.2) is 89.0 Å². The lowest BCUT2D eigenvalue weighted by molar-refractivity contribution is -0.305. The summed E-state index contributed by atoms with van der Waals surface area (Å²) in [7, 11) is 0. The van der Waals surface area contributed by atoms with Crippen LogP contribution in [0, 0.1) is 0 Å². The number of allylic oxidation sites excluding steroid dienone is 9. The van der Waals surface area contributed by atoms with Crippen LogP contribution in [0.15, 0.2) is 61.3 Å². The molecule has 0 aromatic rings. The summed E-state index contributed by atoms with van der Waals surface area (Å²) < 4.78 is 22.1. The maximum atomic E-state index is 12.8. The molecular formula is C47H80O10. The first-order valence-electron chi connectivity index (χ1n) is 22.3. The van der Waals surface area contributed by atoms with Crippen LogP contribution in [0.25, 0.3) is 0 Å². The third kappa shape index (κ3) is 29.3. The van der Waals surface area contributed by atoms with Crippen molar-refractivity contribution < 1.29 is 49.0 Å². The lowest BCUT2D eigenvalue weighted by atomic mass is 9.99. The van der Waals surface area contributed by atoms with Crippen LogP contribution >= 0.6 is 0 Å². The minimum Gasteiger partial charge on any atom is -0.462 e. The van der Waals surface area contributed by atoms with E-state index in [1.165, 1.54) is 77.0 Å². The second-order valence-electron chi connectivity index (χ2n) is 15.2. The van der Waals surface area contributed by atoms with Crippen LogP contribution in [0.5, 0.6) is 0 Å². The molecule has 1 saturated heterocycles. The fourth-order valence-electron chi connectivity index (χ4n) is 6.45. The van der Waals surface area contributed by atoms with E-state index in [1.807, 2.05) is 12.2 Å². The number of aliphatic hydroxyl groups is 4. The van der Waals surface area contributed by atoms with E-state index in [1.54, 1.807) is 0 Å².